The second kappa shape index (κ2) is 6.59. The number of piperidine rings is 1. The molecule has 0 spiro atoms. The number of hydrogen-bond donors (Lipinski definition) is 1. The summed E-state index contributed by atoms with van der Waals surface area (Å²) >= 11 is 6.18. The first-order valence-corrected chi connectivity index (χ1v) is 9.15. The Bertz CT molecular complexity index is 740. The molecule has 2 aromatic rings. The van der Waals surface area contributed by atoms with Crippen LogP contribution in [0.2, 0.25) is 5.02 Å². The number of rotatable bonds is 3. The first-order chi connectivity index (χ1) is 11.7. The molecule has 1 atom stereocenters. The molecule has 0 radical (unpaired) electrons. The Kier molecular flexibility index (Phi) is 4.31. The highest BCUT2D eigenvalue weighted by Crippen LogP contribution is 2.25. The van der Waals surface area contributed by atoms with Gasteiger partial charge in [0.15, 0.2) is 5.65 Å². The molecule has 24 heavy (non-hydrogen) atoms. The summed E-state index contributed by atoms with van der Waals surface area (Å²) in [6.07, 6.45) is 8.54. The van der Waals surface area contributed by atoms with Gasteiger partial charge in [0.05, 0.1) is 10.9 Å². The number of anilines is 1. The molecule has 3 heterocycles. The molecule has 1 aliphatic heterocycles. The molecule has 2 aliphatic rings. The van der Waals surface area contributed by atoms with Crippen LogP contribution in [0.1, 0.15) is 38.5 Å². The normalized spacial score (nSPS) is 22.2. The van der Waals surface area contributed by atoms with Crippen molar-refractivity contribution in [1.82, 2.24) is 19.9 Å². The Morgan fingerprint density at radius 3 is 2.88 bits per heavy atom. The van der Waals surface area contributed by atoms with Crippen molar-refractivity contribution >= 4 is 29.1 Å². The van der Waals surface area contributed by atoms with Crippen molar-refractivity contribution in [1.29, 1.82) is 0 Å². The quantitative estimate of drug-likeness (QED) is 0.927. The van der Waals surface area contributed by atoms with E-state index in [4.69, 9.17) is 11.6 Å². The van der Waals surface area contributed by atoms with Crippen LogP contribution in [0, 0.1) is 5.92 Å². The number of hydrogen-bond acceptors (Lipinski definition) is 4. The van der Waals surface area contributed by atoms with E-state index in [9.17, 15) is 4.79 Å². The van der Waals surface area contributed by atoms with Crippen LogP contribution in [-0.2, 0) is 4.79 Å². The summed E-state index contributed by atoms with van der Waals surface area (Å²) in [5, 5.41) is 12.3. The van der Waals surface area contributed by atoms with E-state index in [1.165, 1.54) is 12.8 Å². The van der Waals surface area contributed by atoms with Gasteiger partial charge < -0.3 is 10.2 Å². The van der Waals surface area contributed by atoms with Crippen molar-refractivity contribution in [2.45, 2.75) is 44.6 Å². The number of carbonyl (C=O) groups excluding carboxylic acids is 1. The molecule has 0 bridgehead atoms. The van der Waals surface area contributed by atoms with E-state index in [0.717, 1.165) is 38.2 Å². The summed E-state index contributed by atoms with van der Waals surface area (Å²) in [5.74, 6) is 0.982. The topological polar surface area (TPSA) is 62.5 Å². The smallest absolute Gasteiger partial charge is 0.231 e. The number of halogens is 1. The fourth-order valence-electron chi connectivity index (χ4n) is 3.85. The van der Waals surface area contributed by atoms with Crippen molar-refractivity contribution in [2.24, 2.45) is 5.92 Å². The molecule has 0 unspecified atom stereocenters. The maximum atomic E-state index is 12.6. The summed E-state index contributed by atoms with van der Waals surface area (Å²) < 4.78 is 1.90. The summed E-state index contributed by atoms with van der Waals surface area (Å²) in [6.45, 7) is 1.58. The zero-order valence-corrected chi connectivity index (χ0v) is 14.4. The molecule has 7 heteroatoms. The van der Waals surface area contributed by atoms with Gasteiger partial charge in [0.1, 0.15) is 0 Å². The van der Waals surface area contributed by atoms with Crippen LogP contribution in [0.5, 0.6) is 0 Å². The van der Waals surface area contributed by atoms with E-state index < -0.39 is 0 Å². The number of nitrogens with zero attached hydrogens (tertiary/aromatic N) is 4. The van der Waals surface area contributed by atoms with E-state index in [2.05, 4.69) is 20.4 Å². The molecule has 2 aromatic heterocycles. The van der Waals surface area contributed by atoms with Gasteiger partial charge in [0, 0.05) is 25.3 Å². The Morgan fingerprint density at radius 2 is 2.04 bits per heavy atom. The second-order valence-corrected chi connectivity index (χ2v) is 7.23. The highest BCUT2D eigenvalue weighted by molar-refractivity contribution is 6.33. The lowest BCUT2D eigenvalue weighted by Crippen LogP contribution is -2.46. The van der Waals surface area contributed by atoms with Gasteiger partial charge in [-0.2, -0.15) is 0 Å². The SMILES string of the molecule is O=C(NC1CCCC1)[C@H]1CCCN(c2nnc3c(Cl)cccn23)C1. The predicted octanol–water partition coefficient (Wildman–Crippen LogP) is 2.66. The van der Waals surface area contributed by atoms with E-state index >= 15 is 0 Å². The van der Waals surface area contributed by atoms with E-state index in [1.807, 2.05) is 22.7 Å². The molecular formula is C17H22ClN5O. The zero-order valence-electron chi connectivity index (χ0n) is 13.6. The van der Waals surface area contributed by atoms with Crippen molar-refractivity contribution in [3.8, 4) is 0 Å². The van der Waals surface area contributed by atoms with Crippen LogP contribution >= 0.6 is 11.6 Å². The lowest BCUT2D eigenvalue weighted by molar-refractivity contribution is -0.125. The largest absolute Gasteiger partial charge is 0.353 e. The predicted molar refractivity (Wildman–Crippen MR) is 93.3 cm³/mol. The third kappa shape index (κ3) is 2.95. The minimum Gasteiger partial charge on any atom is -0.353 e. The third-order valence-corrected chi connectivity index (χ3v) is 5.44. The van der Waals surface area contributed by atoms with Crippen LogP contribution in [0.3, 0.4) is 0 Å². The first-order valence-electron chi connectivity index (χ1n) is 8.77. The molecule has 4 rings (SSSR count). The lowest BCUT2D eigenvalue weighted by Gasteiger charge is -2.32. The Morgan fingerprint density at radius 1 is 1.21 bits per heavy atom. The standard InChI is InChI=1S/C17H22ClN5O/c18-14-8-4-10-23-15(14)20-21-17(23)22-9-3-5-12(11-22)16(24)19-13-6-1-2-7-13/h4,8,10,12-13H,1-3,5-7,9,11H2,(H,19,24)/t12-/m0/s1. The van der Waals surface area contributed by atoms with Gasteiger partial charge in [-0.1, -0.05) is 24.4 Å². The van der Waals surface area contributed by atoms with Crippen LogP contribution in [0.4, 0.5) is 5.95 Å². The van der Waals surface area contributed by atoms with Gasteiger partial charge in [-0.15, -0.1) is 10.2 Å². The maximum absolute atomic E-state index is 12.6. The first kappa shape index (κ1) is 15.7. The average Bonchev–Trinajstić information content (AvgIpc) is 3.25. The monoisotopic (exact) mass is 347 g/mol. The van der Waals surface area contributed by atoms with Gasteiger partial charge in [0.25, 0.3) is 0 Å². The minimum absolute atomic E-state index is 0.0193. The Balaban J connectivity index is 1.49. The Labute approximate surface area is 146 Å². The van der Waals surface area contributed by atoms with Gasteiger partial charge >= 0.3 is 0 Å². The van der Waals surface area contributed by atoms with Crippen molar-refractivity contribution < 1.29 is 4.79 Å². The molecule has 1 aliphatic carbocycles. The number of pyridine rings is 1. The van der Waals surface area contributed by atoms with Gasteiger partial charge in [-0.05, 0) is 37.8 Å². The summed E-state index contributed by atoms with van der Waals surface area (Å²) in [7, 11) is 0. The second-order valence-electron chi connectivity index (χ2n) is 6.82. The molecule has 1 N–H and O–H groups in total. The van der Waals surface area contributed by atoms with Crippen LogP contribution < -0.4 is 10.2 Å². The molecule has 2 fully saturated rings. The fraction of sp³-hybridized carbons (Fsp3) is 0.588. The number of aromatic nitrogens is 3. The van der Waals surface area contributed by atoms with Crippen LogP contribution in [0.25, 0.3) is 5.65 Å². The third-order valence-electron chi connectivity index (χ3n) is 5.15. The summed E-state index contributed by atoms with van der Waals surface area (Å²) in [5.41, 5.74) is 0.659. The zero-order chi connectivity index (χ0) is 16.5. The molecule has 1 saturated carbocycles. The van der Waals surface area contributed by atoms with Crippen molar-refractivity contribution in [3.05, 3.63) is 23.4 Å². The average molecular weight is 348 g/mol. The molecule has 1 amide bonds. The van der Waals surface area contributed by atoms with Gasteiger partial charge in [-0.3, -0.25) is 9.20 Å². The number of fused-ring (bicyclic) bond motifs is 1. The molecule has 128 valence electrons. The molecule has 0 aromatic carbocycles. The highest BCUT2D eigenvalue weighted by atomic mass is 35.5. The number of carbonyl (C=O) groups is 1. The van der Waals surface area contributed by atoms with E-state index in [1.54, 1.807) is 0 Å². The summed E-state index contributed by atoms with van der Waals surface area (Å²) in [6, 6.07) is 4.07. The van der Waals surface area contributed by atoms with Crippen LogP contribution in [-0.4, -0.2) is 39.6 Å². The van der Waals surface area contributed by atoms with Crippen molar-refractivity contribution in [3.63, 3.8) is 0 Å². The number of nitrogens with one attached hydrogen (secondary N) is 1. The Hall–Kier alpha value is -1.82. The number of amides is 1. The lowest BCUT2D eigenvalue weighted by atomic mass is 9.97. The minimum atomic E-state index is 0.0193. The van der Waals surface area contributed by atoms with E-state index in [0.29, 0.717) is 23.3 Å². The van der Waals surface area contributed by atoms with Gasteiger partial charge in [-0.25, -0.2) is 0 Å². The van der Waals surface area contributed by atoms with E-state index in [-0.39, 0.29) is 11.8 Å². The summed E-state index contributed by atoms with van der Waals surface area (Å²) in [4.78, 5) is 14.7. The molecular weight excluding hydrogens is 326 g/mol. The van der Waals surface area contributed by atoms with Crippen molar-refractivity contribution in [2.75, 3.05) is 18.0 Å². The van der Waals surface area contributed by atoms with Gasteiger partial charge in [0.2, 0.25) is 11.9 Å². The molecule has 1 saturated heterocycles. The highest BCUT2D eigenvalue weighted by Gasteiger charge is 2.30. The maximum Gasteiger partial charge on any atom is 0.231 e. The van der Waals surface area contributed by atoms with Crippen LogP contribution in [0.15, 0.2) is 18.3 Å². The molecule has 6 nitrogen and oxygen atoms in total. The fourth-order valence-corrected chi connectivity index (χ4v) is 4.05.